The number of nitrogens with one attached hydrogen (secondary N) is 2. The van der Waals surface area contributed by atoms with Gasteiger partial charge in [0, 0.05) is 30.7 Å². The van der Waals surface area contributed by atoms with Crippen molar-refractivity contribution < 1.29 is 31.7 Å². The van der Waals surface area contributed by atoms with Crippen LogP contribution in [0.15, 0.2) is 83.4 Å². The van der Waals surface area contributed by atoms with Crippen LogP contribution in [0.2, 0.25) is 0 Å². The van der Waals surface area contributed by atoms with Crippen LogP contribution < -0.4 is 14.9 Å². The fraction of sp³-hybridized carbons (Fsp3) is 0.324. The first-order valence-electron chi connectivity index (χ1n) is 14.6. The lowest BCUT2D eigenvalue weighted by Gasteiger charge is -2.30. The summed E-state index contributed by atoms with van der Waals surface area (Å²) in [4.78, 5) is 26.4. The maximum atomic E-state index is 13.4. The Morgan fingerprint density at radius 2 is 1.65 bits per heavy atom. The van der Waals surface area contributed by atoms with Crippen LogP contribution in [0.1, 0.15) is 67.8 Å². The number of alkyl carbamates (subject to hydrolysis) is 1. The average molecular weight is 651 g/mol. The summed E-state index contributed by atoms with van der Waals surface area (Å²) in [6.45, 7) is 8.86. The summed E-state index contributed by atoms with van der Waals surface area (Å²) in [5.41, 5.74) is 0.957. The molecule has 0 spiro atoms. The smallest absolute Gasteiger partial charge is 0.408 e. The third kappa shape index (κ3) is 8.72. The van der Waals surface area contributed by atoms with Gasteiger partial charge in [0.15, 0.2) is 5.76 Å². The van der Waals surface area contributed by atoms with E-state index >= 15 is 0 Å². The highest BCUT2D eigenvalue weighted by molar-refractivity contribution is 7.92. The summed E-state index contributed by atoms with van der Waals surface area (Å²) in [5, 5.41) is 10.1. The van der Waals surface area contributed by atoms with Crippen LogP contribution >= 0.6 is 0 Å². The Bertz CT molecular complexity index is 1800. The van der Waals surface area contributed by atoms with Crippen LogP contribution in [0.4, 0.5) is 14.9 Å². The lowest BCUT2D eigenvalue weighted by Crippen LogP contribution is -2.47. The van der Waals surface area contributed by atoms with Crippen LogP contribution in [0, 0.1) is 5.82 Å². The van der Waals surface area contributed by atoms with E-state index in [-0.39, 0.29) is 17.0 Å². The zero-order valence-corrected chi connectivity index (χ0v) is 27.7. The van der Waals surface area contributed by atoms with E-state index in [2.05, 4.69) is 15.8 Å². The third-order valence-electron chi connectivity index (χ3n) is 7.30. The van der Waals surface area contributed by atoms with E-state index < -0.39 is 45.0 Å². The monoisotopic (exact) mass is 650 g/mol. The van der Waals surface area contributed by atoms with Gasteiger partial charge in [0.25, 0.3) is 5.91 Å². The van der Waals surface area contributed by atoms with Gasteiger partial charge in [-0.2, -0.15) is 0 Å². The number of carbonyl (C=O) groups excluding carboxylic acids is 2. The molecule has 244 valence electrons. The van der Waals surface area contributed by atoms with Crippen LogP contribution in [0.25, 0.3) is 11.3 Å². The van der Waals surface area contributed by atoms with Crippen molar-refractivity contribution >= 4 is 27.7 Å². The van der Waals surface area contributed by atoms with Gasteiger partial charge in [-0.25, -0.2) is 17.6 Å². The van der Waals surface area contributed by atoms with Crippen LogP contribution in [0.3, 0.4) is 0 Å². The molecule has 2 atom stereocenters. The Hall–Kier alpha value is -4.71. The normalized spacial score (nSPS) is 13.7. The Kier molecular flexibility index (Phi) is 9.91. The Morgan fingerprint density at radius 1 is 1.00 bits per heavy atom. The second-order valence-electron chi connectivity index (χ2n) is 12.4. The van der Waals surface area contributed by atoms with Crippen LogP contribution in [0.5, 0.6) is 0 Å². The maximum Gasteiger partial charge on any atom is 0.408 e. The number of hydrogen-bond acceptors (Lipinski definition) is 7. The largest absolute Gasteiger partial charge is 0.444 e. The van der Waals surface area contributed by atoms with E-state index in [4.69, 9.17) is 9.26 Å². The van der Waals surface area contributed by atoms with E-state index in [1.165, 1.54) is 25.2 Å². The van der Waals surface area contributed by atoms with Gasteiger partial charge in [0.2, 0.25) is 10.0 Å². The number of aromatic nitrogens is 1. The lowest BCUT2D eigenvalue weighted by molar-refractivity contribution is 0.0456. The zero-order valence-electron chi connectivity index (χ0n) is 26.9. The van der Waals surface area contributed by atoms with E-state index in [1.54, 1.807) is 65.0 Å². The number of ether oxygens (including phenoxy) is 1. The summed E-state index contributed by atoms with van der Waals surface area (Å²) < 4.78 is 50.7. The minimum Gasteiger partial charge on any atom is -0.444 e. The number of hydrogen-bond donors (Lipinski definition) is 2. The lowest BCUT2D eigenvalue weighted by atomic mass is 9.89. The second kappa shape index (κ2) is 13.3. The van der Waals surface area contributed by atoms with Gasteiger partial charge in [0.05, 0.1) is 23.5 Å². The molecule has 12 heteroatoms. The Labute approximate surface area is 269 Å². The number of amides is 2. The van der Waals surface area contributed by atoms with E-state index in [0.717, 1.165) is 16.1 Å². The molecule has 0 unspecified atom stereocenters. The molecule has 0 saturated heterocycles. The van der Waals surface area contributed by atoms with E-state index in [0.29, 0.717) is 23.2 Å². The number of nitrogens with zero attached hydrogens (tertiary/aromatic N) is 2. The first-order valence-corrected chi connectivity index (χ1v) is 16.5. The molecule has 0 bridgehead atoms. The van der Waals surface area contributed by atoms with Crippen LogP contribution in [-0.4, -0.2) is 44.5 Å². The van der Waals surface area contributed by atoms with Gasteiger partial charge in [-0.3, -0.25) is 9.10 Å². The molecule has 4 rings (SSSR count). The highest BCUT2D eigenvalue weighted by Crippen LogP contribution is 2.33. The van der Waals surface area contributed by atoms with Crippen LogP contribution in [-0.2, 0) is 26.7 Å². The van der Waals surface area contributed by atoms with Gasteiger partial charge >= 0.3 is 6.09 Å². The maximum absolute atomic E-state index is 13.4. The number of halogens is 1. The fourth-order valence-corrected chi connectivity index (χ4v) is 5.26. The molecule has 0 radical (unpaired) electrons. The quantitative estimate of drug-likeness (QED) is 0.205. The molecule has 1 heterocycles. The molecule has 0 aliphatic heterocycles. The van der Waals surface area contributed by atoms with Crippen molar-refractivity contribution in [2.45, 2.75) is 58.2 Å². The predicted molar refractivity (Wildman–Crippen MR) is 174 cm³/mol. The number of benzene rings is 3. The van der Waals surface area contributed by atoms with E-state index in [9.17, 15) is 22.4 Å². The second-order valence-corrected chi connectivity index (χ2v) is 14.5. The Balaban J connectivity index is 1.73. The summed E-state index contributed by atoms with van der Waals surface area (Å²) >= 11 is 0. The van der Waals surface area contributed by atoms with Crippen molar-refractivity contribution in [1.29, 1.82) is 0 Å². The van der Waals surface area contributed by atoms with Crippen molar-refractivity contribution in [2.24, 2.45) is 0 Å². The minimum absolute atomic E-state index is 0.161. The molecule has 0 aliphatic carbocycles. The Morgan fingerprint density at radius 3 is 2.26 bits per heavy atom. The molecule has 2 amide bonds. The number of carbonyl (C=O) groups is 2. The summed E-state index contributed by atoms with van der Waals surface area (Å²) in [5.74, 6) is -0.636. The molecule has 1 aromatic heterocycles. The molecular weight excluding hydrogens is 611 g/mol. The number of anilines is 1. The SMILES string of the molecule is C[C@@H](NC(=O)c1cc(-c2cc([C@](C)(Cc3ccccc3)NC(=O)OC(C)(C)C)no2)cc(N(C)S(C)(=O)=O)c1)c1ccc(F)cc1. The summed E-state index contributed by atoms with van der Waals surface area (Å²) in [6, 6.07) is 21.1. The van der Waals surface area contributed by atoms with Crippen molar-refractivity contribution in [2.75, 3.05) is 17.6 Å². The van der Waals surface area contributed by atoms with Crippen molar-refractivity contribution in [1.82, 2.24) is 15.8 Å². The minimum atomic E-state index is -3.69. The summed E-state index contributed by atoms with van der Waals surface area (Å²) in [6.07, 6.45) is 0.770. The molecule has 0 aliphatic rings. The van der Waals surface area contributed by atoms with Gasteiger partial charge in [-0.05, 0) is 76.1 Å². The molecule has 10 nitrogen and oxygen atoms in total. The third-order valence-corrected chi connectivity index (χ3v) is 8.50. The zero-order chi connectivity index (χ0) is 33.9. The molecule has 3 aromatic carbocycles. The topological polar surface area (TPSA) is 131 Å². The van der Waals surface area contributed by atoms with Crippen molar-refractivity contribution in [3.05, 3.63) is 107 Å². The predicted octanol–water partition coefficient (Wildman–Crippen LogP) is 6.35. The number of rotatable bonds is 10. The van der Waals surface area contributed by atoms with Crippen molar-refractivity contribution in [3.63, 3.8) is 0 Å². The first kappa shape index (κ1) is 34.2. The van der Waals surface area contributed by atoms with Crippen molar-refractivity contribution in [3.8, 4) is 11.3 Å². The number of sulfonamides is 1. The molecular formula is C34H39FN4O6S. The molecule has 0 fully saturated rings. The van der Waals surface area contributed by atoms with Gasteiger partial charge in [-0.15, -0.1) is 0 Å². The highest BCUT2D eigenvalue weighted by Gasteiger charge is 2.35. The average Bonchev–Trinajstić information content (AvgIpc) is 3.47. The summed E-state index contributed by atoms with van der Waals surface area (Å²) in [7, 11) is -2.31. The van der Waals surface area contributed by atoms with Gasteiger partial charge in [-0.1, -0.05) is 47.6 Å². The highest BCUT2D eigenvalue weighted by atomic mass is 32.2. The van der Waals surface area contributed by atoms with E-state index in [1.807, 2.05) is 30.3 Å². The molecule has 2 N–H and O–H groups in total. The molecule has 4 aromatic rings. The first-order chi connectivity index (χ1) is 21.4. The standard InChI is InChI=1S/C34H39FN4O6S/c1-22(24-13-15-27(35)16-14-24)36-31(40)26-17-25(18-28(19-26)39(6)46(7,42)43)29-20-30(38-45-29)34(5,21-23-11-9-8-10-12-23)37-32(41)44-33(2,3)4/h8-20,22H,21H2,1-7H3,(H,36,40)(H,37,41)/t22-,34+/m1/s1. The molecule has 0 saturated carbocycles. The molecule has 46 heavy (non-hydrogen) atoms. The fourth-order valence-electron chi connectivity index (χ4n) is 4.78. The van der Waals surface area contributed by atoms with Gasteiger partial charge < -0.3 is 19.9 Å². The van der Waals surface area contributed by atoms with Gasteiger partial charge in [0.1, 0.15) is 17.1 Å².